The van der Waals surface area contributed by atoms with Gasteiger partial charge in [0.25, 0.3) is 5.56 Å². The van der Waals surface area contributed by atoms with Crippen molar-refractivity contribution in [2.75, 3.05) is 0 Å². The van der Waals surface area contributed by atoms with E-state index in [0.717, 1.165) is 0 Å². The average molecular weight is 480 g/mol. The van der Waals surface area contributed by atoms with Crippen LogP contribution in [0.3, 0.4) is 0 Å². The van der Waals surface area contributed by atoms with Crippen molar-refractivity contribution in [3.05, 3.63) is 86.8 Å². The second-order valence-electron chi connectivity index (χ2n) is 7.74. The predicted octanol–water partition coefficient (Wildman–Crippen LogP) is 3.79. The SMILES string of the molecule is CC(N)Oc1cn(C(C)C(=O)Cc2ccc(C(=O)O)cc2)c(=O)cc1-c1cc(Cl)ccc1C#N. The second kappa shape index (κ2) is 10.3. The van der Waals surface area contributed by atoms with E-state index in [0.29, 0.717) is 27.3 Å². The van der Waals surface area contributed by atoms with E-state index in [9.17, 15) is 19.6 Å². The molecule has 3 rings (SSSR count). The van der Waals surface area contributed by atoms with Gasteiger partial charge in [0.2, 0.25) is 0 Å². The van der Waals surface area contributed by atoms with Crippen LogP contribution in [0.2, 0.25) is 5.02 Å². The van der Waals surface area contributed by atoms with Crippen LogP contribution in [0.1, 0.15) is 41.4 Å². The molecule has 9 heteroatoms. The first-order valence-electron chi connectivity index (χ1n) is 10.3. The van der Waals surface area contributed by atoms with E-state index in [4.69, 9.17) is 27.2 Å². The van der Waals surface area contributed by atoms with Gasteiger partial charge in [-0.3, -0.25) is 15.3 Å². The van der Waals surface area contributed by atoms with Crippen LogP contribution in [0.25, 0.3) is 11.1 Å². The zero-order chi connectivity index (χ0) is 25.0. The largest absolute Gasteiger partial charge is 0.478 e. The van der Waals surface area contributed by atoms with Gasteiger partial charge in [0.15, 0.2) is 5.78 Å². The number of hydrogen-bond donors (Lipinski definition) is 2. The molecule has 0 fully saturated rings. The molecular formula is C25H22ClN3O5. The van der Waals surface area contributed by atoms with E-state index < -0.39 is 23.8 Å². The number of Topliss-reactive ketones (excluding diaryl/α,β-unsaturated/α-hetero) is 1. The molecule has 0 saturated heterocycles. The topological polar surface area (TPSA) is 135 Å². The molecule has 8 nitrogen and oxygen atoms in total. The van der Waals surface area contributed by atoms with Gasteiger partial charge in [-0.25, -0.2) is 4.79 Å². The highest BCUT2D eigenvalue weighted by molar-refractivity contribution is 6.31. The quantitative estimate of drug-likeness (QED) is 0.469. The van der Waals surface area contributed by atoms with Crippen LogP contribution in [-0.4, -0.2) is 27.7 Å². The lowest BCUT2D eigenvalue weighted by atomic mass is 9.99. The number of carboxylic acid groups (broad SMARTS) is 1. The summed E-state index contributed by atoms with van der Waals surface area (Å²) in [5, 5.41) is 18.9. The maximum atomic E-state index is 13.0. The zero-order valence-corrected chi connectivity index (χ0v) is 19.2. The molecule has 0 aliphatic rings. The molecule has 2 unspecified atom stereocenters. The van der Waals surface area contributed by atoms with Gasteiger partial charge < -0.3 is 14.4 Å². The summed E-state index contributed by atoms with van der Waals surface area (Å²) in [5.41, 5.74) is 7.13. The van der Waals surface area contributed by atoms with Gasteiger partial charge in [0, 0.05) is 28.6 Å². The number of nitrogens with zero attached hydrogens (tertiary/aromatic N) is 2. The van der Waals surface area contributed by atoms with Gasteiger partial charge in [-0.1, -0.05) is 23.7 Å². The highest BCUT2D eigenvalue weighted by Gasteiger charge is 2.21. The van der Waals surface area contributed by atoms with Crippen LogP contribution in [-0.2, 0) is 11.2 Å². The Morgan fingerprint density at radius 2 is 1.82 bits per heavy atom. The highest BCUT2D eigenvalue weighted by atomic mass is 35.5. The number of hydrogen-bond acceptors (Lipinski definition) is 6. The fourth-order valence-corrected chi connectivity index (χ4v) is 3.61. The molecule has 174 valence electrons. The maximum Gasteiger partial charge on any atom is 0.335 e. The van der Waals surface area contributed by atoms with Crippen molar-refractivity contribution in [3.63, 3.8) is 0 Å². The normalized spacial score (nSPS) is 12.4. The predicted molar refractivity (Wildman–Crippen MR) is 127 cm³/mol. The molecule has 0 aliphatic heterocycles. The standard InChI is InChI=1S/C25H22ClN3O5/c1-14(22(30)9-16-3-5-17(6-4-16)25(32)33)29-13-23(34-15(2)28)21(11-24(29)31)20-10-19(26)8-7-18(20)12-27/h3-8,10-11,13-15H,9,28H2,1-2H3,(H,32,33). The number of ether oxygens (including phenoxy) is 1. The number of rotatable bonds is 8. The molecule has 0 aliphatic carbocycles. The Morgan fingerprint density at radius 1 is 1.15 bits per heavy atom. The minimum atomic E-state index is -1.06. The van der Waals surface area contributed by atoms with E-state index in [2.05, 4.69) is 6.07 Å². The van der Waals surface area contributed by atoms with E-state index in [1.165, 1.54) is 29.0 Å². The molecule has 0 saturated carbocycles. The summed E-state index contributed by atoms with van der Waals surface area (Å²) >= 11 is 6.11. The number of aromatic carboxylic acids is 1. The number of pyridine rings is 1. The van der Waals surface area contributed by atoms with Gasteiger partial charge in [-0.15, -0.1) is 0 Å². The number of carboxylic acids is 1. The summed E-state index contributed by atoms with van der Waals surface area (Å²) in [4.78, 5) is 36.9. The van der Waals surface area contributed by atoms with Crippen molar-refractivity contribution >= 4 is 23.4 Å². The Labute approximate surface area is 200 Å². The first-order chi connectivity index (χ1) is 16.1. The van der Waals surface area contributed by atoms with Crippen molar-refractivity contribution < 1.29 is 19.4 Å². The van der Waals surface area contributed by atoms with Gasteiger partial charge in [-0.2, -0.15) is 5.26 Å². The van der Waals surface area contributed by atoms with Gasteiger partial charge in [0.1, 0.15) is 12.0 Å². The molecule has 0 bridgehead atoms. The number of benzene rings is 2. The Morgan fingerprint density at radius 3 is 2.41 bits per heavy atom. The van der Waals surface area contributed by atoms with Crippen LogP contribution >= 0.6 is 11.6 Å². The Kier molecular flexibility index (Phi) is 7.51. The maximum absolute atomic E-state index is 13.0. The molecule has 0 spiro atoms. The lowest BCUT2D eigenvalue weighted by Crippen LogP contribution is -2.30. The summed E-state index contributed by atoms with van der Waals surface area (Å²) in [6.45, 7) is 3.20. The number of nitrogens with two attached hydrogens (primary N) is 1. The number of ketones is 1. The molecule has 0 amide bonds. The first kappa shape index (κ1) is 24.7. The minimum absolute atomic E-state index is 0.00557. The minimum Gasteiger partial charge on any atom is -0.478 e. The fourth-order valence-electron chi connectivity index (χ4n) is 3.44. The lowest BCUT2D eigenvalue weighted by molar-refractivity contribution is -0.121. The lowest BCUT2D eigenvalue weighted by Gasteiger charge is -2.20. The third-order valence-corrected chi connectivity index (χ3v) is 5.45. The smallest absolute Gasteiger partial charge is 0.335 e. The molecule has 2 aromatic carbocycles. The number of carbonyl (C=O) groups excluding carboxylic acids is 1. The van der Waals surface area contributed by atoms with Gasteiger partial charge >= 0.3 is 5.97 Å². The molecule has 3 aromatic rings. The fraction of sp³-hybridized carbons (Fsp3) is 0.200. The van der Waals surface area contributed by atoms with Crippen molar-refractivity contribution in [1.29, 1.82) is 5.26 Å². The zero-order valence-electron chi connectivity index (χ0n) is 18.5. The average Bonchev–Trinajstić information content (AvgIpc) is 2.79. The molecule has 34 heavy (non-hydrogen) atoms. The number of halogens is 1. The summed E-state index contributed by atoms with van der Waals surface area (Å²) in [5.74, 6) is -1.09. The number of carbonyl (C=O) groups is 2. The molecule has 1 aromatic heterocycles. The molecule has 2 atom stereocenters. The van der Waals surface area contributed by atoms with E-state index in [1.807, 2.05) is 0 Å². The van der Waals surface area contributed by atoms with Crippen molar-refractivity contribution in [2.24, 2.45) is 5.73 Å². The van der Waals surface area contributed by atoms with E-state index >= 15 is 0 Å². The monoisotopic (exact) mass is 479 g/mol. The molecular weight excluding hydrogens is 458 g/mol. The highest BCUT2D eigenvalue weighted by Crippen LogP contribution is 2.34. The summed E-state index contributed by atoms with van der Waals surface area (Å²) in [6.07, 6.45) is 0.679. The van der Waals surface area contributed by atoms with Crippen LogP contribution < -0.4 is 16.0 Å². The Balaban J connectivity index is 1.99. The Hall–Kier alpha value is -3.93. The molecule has 1 heterocycles. The van der Waals surface area contributed by atoms with Crippen LogP contribution in [0.15, 0.2) is 59.5 Å². The van der Waals surface area contributed by atoms with Crippen LogP contribution in [0.5, 0.6) is 5.75 Å². The summed E-state index contributed by atoms with van der Waals surface area (Å²) in [7, 11) is 0. The molecule has 3 N–H and O–H groups in total. The summed E-state index contributed by atoms with van der Waals surface area (Å²) < 4.78 is 6.96. The van der Waals surface area contributed by atoms with E-state index in [-0.39, 0.29) is 23.5 Å². The third-order valence-electron chi connectivity index (χ3n) is 5.21. The number of nitriles is 1. The van der Waals surface area contributed by atoms with E-state index in [1.54, 1.807) is 44.2 Å². The van der Waals surface area contributed by atoms with Crippen molar-refractivity contribution in [3.8, 4) is 22.9 Å². The summed E-state index contributed by atoms with van der Waals surface area (Å²) in [6, 6.07) is 13.2. The third kappa shape index (κ3) is 5.52. The Bertz CT molecular complexity index is 1340. The van der Waals surface area contributed by atoms with Crippen LogP contribution in [0, 0.1) is 11.3 Å². The number of aromatic nitrogens is 1. The first-order valence-corrected chi connectivity index (χ1v) is 10.7. The molecule has 0 radical (unpaired) electrons. The van der Waals surface area contributed by atoms with Crippen LogP contribution in [0.4, 0.5) is 0 Å². The second-order valence-corrected chi connectivity index (χ2v) is 8.18. The van der Waals surface area contributed by atoms with Crippen molar-refractivity contribution in [2.45, 2.75) is 32.5 Å². The van der Waals surface area contributed by atoms with Gasteiger partial charge in [-0.05, 0) is 49.7 Å². The van der Waals surface area contributed by atoms with Crippen molar-refractivity contribution in [1.82, 2.24) is 4.57 Å². The van der Waals surface area contributed by atoms with Gasteiger partial charge in [0.05, 0.1) is 29.4 Å².